The SMILES string of the molecule is Cc1cccc(C(=O)NC(C#N)OCC#CI)c1. The molecule has 1 N–H and O–H groups in total. The molecule has 0 bridgehead atoms. The zero-order valence-electron chi connectivity index (χ0n) is 9.74. The molecule has 0 radical (unpaired) electrons. The molecule has 1 aromatic rings. The average Bonchev–Trinajstić information content (AvgIpc) is 2.37. The van der Waals surface area contributed by atoms with Crippen LogP contribution >= 0.6 is 22.6 Å². The number of ether oxygens (including phenoxy) is 1. The van der Waals surface area contributed by atoms with E-state index in [0.717, 1.165) is 5.56 Å². The summed E-state index contributed by atoms with van der Waals surface area (Å²) in [5.74, 6) is 2.31. The summed E-state index contributed by atoms with van der Waals surface area (Å²) < 4.78 is 7.70. The molecule has 92 valence electrons. The van der Waals surface area contributed by atoms with Crippen LogP contribution in [0.1, 0.15) is 15.9 Å². The predicted octanol–water partition coefficient (Wildman–Crippen LogP) is 1.99. The summed E-state index contributed by atoms with van der Waals surface area (Å²) in [6.07, 6.45) is -0.990. The molecule has 0 aliphatic rings. The van der Waals surface area contributed by atoms with Gasteiger partial charge < -0.3 is 10.1 Å². The van der Waals surface area contributed by atoms with Crippen molar-refractivity contribution in [1.82, 2.24) is 5.32 Å². The highest BCUT2D eigenvalue weighted by Gasteiger charge is 2.12. The quantitative estimate of drug-likeness (QED) is 0.511. The maximum Gasteiger partial charge on any atom is 0.254 e. The number of nitriles is 1. The first-order valence-corrected chi connectivity index (χ1v) is 6.22. The Morgan fingerprint density at radius 3 is 3.00 bits per heavy atom. The van der Waals surface area contributed by atoms with Crippen LogP contribution < -0.4 is 5.32 Å². The number of halogens is 1. The smallest absolute Gasteiger partial charge is 0.254 e. The van der Waals surface area contributed by atoms with Gasteiger partial charge in [-0.25, -0.2) is 0 Å². The van der Waals surface area contributed by atoms with Gasteiger partial charge in [-0.15, -0.1) is 0 Å². The Kier molecular flexibility index (Phi) is 6.20. The second kappa shape index (κ2) is 7.70. The van der Waals surface area contributed by atoms with Crippen LogP contribution in [0.5, 0.6) is 0 Å². The van der Waals surface area contributed by atoms with E-state index < -0.39 is 6.23 Å². The number of hydrogen-bond acceptors (Lipinski definition) is 3. The minimum Gasteiger partial charge on any atom is -0.332 e. The topological polar surface area (TPSA) is 62.1 Å². The highest BCUT2D eigenvalue weighted by Crippen LogP contribution is 2.04. The van der Waals surface area contributed by atoms with E-state index in [4.69, 9.17) is 10.00 Å². The molecule has 0 saturated carbocycles. The second-order valence-electron chi connectivity index (χ2n) is 3.43. The van der Waals surface area contributed by atoms with E-state index in [1.807, 2.05) is 41.7 Å². The minimum atomic E-state index is -0.990. The maximum atomic E-state index is 11.8. The van der Waals surface area contributed by atoms with E-state index in [1.54, 1.807) is 18.2 Å². The van der Waals surface area contributed by atoms with Gasteiger partial charge in [0.15, 0.2) is 0 Å². The van der Waals surface area contributed by atoms with E-state index >= 15 is 0 Å². The highest BCUT2D eigenvalue weighted by atomic mass is 127. The van der Waals surface area contributed by atoms with Crippen LogP contribution in [0, 0.1) is 28.1 Å². The number of benzene rings is 1. The Balaban J connectivity index is 2.62. The Morgan fingerprint density at radius 1 is 1.61 bits per heavy atom. The molecule has 1 aromatic carbocycles. The summed E-state index contributed by atoms with van der Waals surface area (Å²) >= 11 is 1.87. The number of carbonyl (C=O) groups excluding carboxylic acids is 1. The van der Waals surface area contributed by atoms with Crippen molar-refractivity contribution in [2.75, 3.05) is 6.61 Å². The maximum absolute atomic E-state index is 11.8. The molecule has 1 amide bonds. The summed E-state index contributed by atoms with van der Waals surface area (Å²) in [5.41, 5.74) is 1.48. The van der Waals surface area contributed by atoms with Gasteiger partial charge in [-0.1, -0.05) is 23.6 Å². The Hall–Kier alpha value is -1.57. The number of amides is 1. The monoisotopic (exact) mass is 354 g/mol. The largest absolute Gasteiger partial charge is 0.332 e. The molecular formula is C13H11IN2O2. The molecular weight excluding hydrogens is 343 g/mol. The van der Waals surface area contributed by atoms with Gasteiger partial charge in [0.25, 0.3) is 5.91 Å². The fraction of sp³-hybridized carbons (Fsp3) is 0.231. The van der Waals surface area contributed by atoms with Crippen molar-refractivity contribution in [2.45, 2.75) is 13.2 Å². The normalized spacial score (nSPS) is 10.7. The molecule has 1 atom stereocenters. The van der Waals surface area contributed by atoms with Gasteiger partial charge in [-0.3, -0.25) is 4.79 Å². The Morgan fingerprint density at radius 2 is 2.39 bits per heavy atom. The van der Waals surface area contributed by atoms with Gasteiger partial charge in [0.1, 0.15) is 12.7 Å². The van der Waals surface area contributed by atoms with Crippen molar-refractivity contribution in [1.29, 1.82) is 5.26 Å². The molecule has 1 unspecified atom stereocenters. The molecule has 1 rings (SSSR count). The molecule has 0 aromatic heterocycles. The van der Waals surface area contributed by atoms with Crippen LogP contribution in [0.4, 0.5) is 0 Å². The summed E-state index contributed by atoms with van der Waals surface area (Å²) in [6.45, 7) is 2.00. The van der Waals surface area contributed by atoms with Crippen molar-refractivity contribution < 1.29 is 9.53 Å². The van der Waals surface area contributed by atoms with Crippen molar-refractivity contribution in [2.24, 2.45) is 0 Å². The third-order valence-electron chi connectivity index (χ3n) is 2.05. The van der Waals surface area contributed by atoms with E-state index in [2.05, 4.69) is 15.2 Å². The predicted molar refractivity (Wildman–Crippen MR) is 75.8 cm³/mol. The molecule has 0 aliphatic heterocycles. The average molecular weight is 354 g/mol. The third kappa shape index (κ3) is 4.74. The molecule has 5 heteroatoms. The van der Waals surface area contributed by atoms with Crippen LogP contribution in [-0.4, -0.2) is 18.7 Å². The first-order valence-electron chi connectivity index (χ1n) is 5.14. The van der Waals surface area contributed by atoms with Crippen LogP contribution in [0.25, 0.3) is 0 Å². The molecule has 0 aliphatic carbocycles. The zero-order chi connectivity index (χ0) is 13.4. The van der Waals surface area contributed by atoms with Crippen LogP contribution in [0.15, 0.2) is 24.3 Å². The number of hydrogen-bond donors (Lipinski definition) is 1. The highest BCUT2D eigenvalue weighted by molar-refractivity contribution is 14.1. The molecule has 0 heterocycles. The number of aryl methyl sites for hydroxylation is 1. The fourth-order valence-corrected chi connectivity index (χ4v) is 1.41. The van der Waals surface area contributed by atoms with Crippen LogP contribution in [0.2, 0.25) is 0 Å². The lowest BCUT2D eigenvalue weighted by atomic mass is 10.1. The van der Waals surface area contributed by atoms with E-state index in [0.29, 0.717) is 5.56 Å². The summed E-state index contributed by atoms with van der Waals surface area (Å²) in [7, 11) is 0. The van der Waals surface area contributed by atoms with Crippen LogP contribution in [0.3, 0.4) is 0 Å². The zero-order valence-corrected chi connectivity index (χ0v) is 11.9. The van der Waals surface area contributed by atoms with Crippen LogP contribution in [-0.2, 0) is 4.74 Å². The molecule has 18 heavy (non-hydrogen) atoms. The Labute approximate surface area is 119 Å². The van der Waals surface area contributed by atoms with Crippen molar-refractivity contribution in [3.63, 3.8) is 0 Å². The molecule has 4 nitrogen and oxygen atoms in total. The van der Waals surface area contributed by atoms with Gasteiger partial charge in [-0.2, -0.15) is 5.26 Å². The summed E-state index contributed by atoms with van der Waals surface area (Å²) in [5, 5.41) is 11.3. The third-order valence-corrected chi connectivity index (χ3v) is 2.43. The number of nitrogens with one attached hydrogen (secondary N) is 1. The molecule has 0 spiro atoms. The van der Waals surface area contributed by atoms with E-state index in [1.165, 1.54) is 0 Å². The molecule has 0 saturated heterocycles. The van der Waals surface area contributed by atoms with E-state index in [-0.39, 0.29) is 12.5 Å². The van der Waals surface area contributed by atoms with Crippen molar-refractivity contribution in [3.8, 4) is 15.9 Å². The van der Waals surface area contributed by atoms with E-state index in [9.17, 15) is 4.79 Å². The molecule has 0 fully saturated rings. The lowest BCUT2D eigenvalue weighted by molar-refractivity contribution is 0.0685. The van der Waals surface area contributed by atoms with Gasteiger partial charge in [-0.05, 0) is 23.0 Å². The lowest BCUT2D eigenvalue weighted by Crippen LogP contribution is -2.35. The van der Waals surface area contributed by atoms with Gasteiger partial charge in [0, 0.05) is 28.2 Å². The summed E-state index contributed by atoms with van der Waals surface area (Å²) in [4.78, 5) is 11.8. The van der Waals surface area contributed by atoms with Gasteiger partial charge in [0.05, 0.1) is 0 Å². The first-order chi connectivity index (χ1) is 8.67. The van der Waals surface area contributed by atoms with Gasteiger partial charge >= 0.3 is 0 Å². The van der Waals surface area contributed by atoms with Crippen molar-refractivity contribution in [3.05, 3.63) is 35.4 Å². The summed E-state index contributed by atoms with van der Waals surface area (Å²) in [6, 6.07) is 8.96. The second-order valence-corrected chi connectivity index (χ2v) is 3.97. The number of rotatable bonds is 4. The Bertz CT molecular complexity index is 526. The first kappa shape index (κ1) is 14.5. The van der Waals surface area contributed by atoms with Gasteiger partial charge in [0.2, 0.25) is 6.23 Å². The minimum absolute atomic E-state index is 0.106. The fourth-order valence-electron chi connectivity index (χ4n) is 1.25. The number of carbonyl (C=O) groups is 1. The lowest BCUT2D eigenvalue weighted by Gasteiger charge is -2.11. The van der Waals surface area contributed by atoms with Crippen molar-refractivity contribution >= 4 is 28.5 Å². The standard InChI is InChI=1S/C13H11IN2O2/c1-10-4-2-5-11(8-10)13(17)16-12(9-15)18-7-3-6-14/h2,4-5,8,12H,7H2,1H3,(H,16,17). The number of nitrogens with zero attached hydrogens (tertiary/aromatic N) is 1.